The normalized spacial score (nSPS) is 36.6. The SMILES string of the molecule is CCOC1CC(NC(=O)[C@H]2[C@@H](C(=O)O)C2(C)C)C1. The van der Waals surface area contributed by atoms with Gasteiger partial charge >= 0.3 is 5.97 Å². The molecule has 2 aliphatic carbocycles. The molecular formula is C13H21NO4. The molecule has 102 valence electrons. The smallest absolute Gasteiger partial charge is 0.307 e. The second-order valence-corrected chi connectivity index (χ2v) is 5.87. The fourth-order valence-corrected chi connectivity index (χ4v) is 2.93. The lowest BCUT2D eigenvalue weighted by molar-refractivity contribution is -0.140. The molecule has 5 nitrogen and oxygen atoms in total. The first-order chi connectivity index (χ1) is 8.37. The number of carbonyl (C=O) groups excluding carboxylic acids is 1. The van der Waals surface area contributed by atoms with Crippen LogP contribution in [0, 0.1) is 17.3 Å². The zero-order chi connectivity index (χ0) is 13.5. The topological polar surface area (TPSA) is 75.6 Å². The van der Waals surface area contributed by atoms with Crippen molar-refractivity contribution in [3.63, 3.8) is 0 Å². The Morgan fingerprint density at radius 1 is 1.33 bits per heavy atom. The Morgan fingerprint density at radius 3 is 2.39 bits per heavy atom. The average Bonchev–Trinajstić information content (AvgIpc) is 2.78. The molecule has 0 heterocycles. The van der Waals surface area contributed by atoms with Crippen molar-refractivity contribution in [3.8, 4) is 0 Å². The molecular weight excluding hydrogens is 234 g/mol. The minimum absolute atomic E-state index is 0.118. The van der Waals surface area contributed by atoms with Crippen molar-refractivity contribution in [1.29, 1.82) is 0 Å². The molecule has 0 bridgehead atoms. The second kappa shape index (κ2) is 4.53. The number of aliphatic carboxylic acids is 1. The average molecular weight is 255 g/mol. The first-order valence-electron chi connectivity index (χ1n) is 6.52. The van der Waals surface area contributed by atoms with Gasteiger partial charge in [0.25, 0.3) is 0 Å². The van der Waals surface area contributed by atoms with Crippen molar-refractivity contribution >= 4 is 11.9 Å². The molecule has 5 heteroatoms. The number of hydrogen-bond donors (Lipinski definition) is 2. The van der Waals surface area contributed by atoms with Crippen LogP contribution in [0.15, 0.2) is 0 Å². The van der Waals surface area contributed by atoms with Crippen LogP contribution < -0.4 is 5.32 Å². The Labute approximate surface area is 107 Å². The maximum absolute atomic E-state index is 12.0. The molecule has 0 aromatic heterocycles. The molecule has 2 aliphatic rings. The van der Waals surface area contributed by atoms with Crippen LogP contribution in [0.3, 0.4) is 0 Å². The van der Waals surface area contributed by atoms with E-state index in [4.69, 9.17) is 9.84 Å². The quantitative estimate of drug-likeness (QED) is 0.769. The predicted molar refractivity (Wildman–Crippen MR) is 65.0 cm³/mol. The molecule has 2 N–H and O–H groups in total. The Kier molecular flexibility index (Phi) is 3.36. The van der Waals surface area contributed by atoms with Crippen LogP contribution in [0.25, 0.3) is 0 Å². The lowest BCUT2D eigenvalue weighted by Crippen LogP contribution is -2.48. The summed E-state index contributed by atoms with van der Waals surface area (Å²) in [7, 11) is 0. The van der Waals surface area contributed by atoms with E-state index >= 15 is 0 Å². The van der Waals surface area contributed by atoms with Crippen LogP contribution in [0.1, 0.15) is 33.6 Å². The summed E-state index contributed by atoms with van der Waals surface area (Å²) in [5.74, 6) is -1.92. The van der Waals surface area contributed by atoms with Gasteiger partial charge in [0.05, 0.1) is 17.9 Å². The number of rotatable bonds is 5. The van der Waals surface area contributed by atoms with Crippen LogP contribution >= 0.6 is 0 Å². The van der Waals surface area contributed by atoms with E-state index in [0.29, 0.717) is 6.61 Å². The van der Waals surface area contributed by atoms with Crippen LogP contribution in [0.5, 0.6) is 0 Å². The van der Waals surface area contributed by atoms with E-state index in [9.17, 15) is 9.59 Å². The monoisotopic (exact) mass is 255 g/mol. The first-order valence-corrected chi connectivity index (χ1v) is 6.52. The molecule has 18 heavy (non-hydrogen) atoms. The highest BCUT2D eigenvalue weighted by Crippen LogP contribution is 2.58. The van der Waals surface area contributed by atoms with Gasteiger partial charge in [-0.25, -0.2) is 0 Å². The van der Waals surface area contributed by atoms with Gasteiger partial charge < -0.3 is 15.2 Å². The lowest BCUT2D eigenvalue weighted by Gasteiger charge is -2.35. The number of amides is 1. The number of carboxylic acids is 1. The fraction of sp³-hybridized carbons (Fsp3) is 0.846. The van der Waals surface area contributed by atoms with Gasteiger partial charge in [0.15, 0.2) is 0 Å². The Bertz CT molecular complexity index is 360. The van der Waals surface area contributed by atoms with Crippen LogP contribution in [0.4, 0.5) is 0 Å². The van der Waals surface area contributed by atoms with Gasteiger partial charge in [-0.3, -0.25) is 9.59 Å². The number of nitrogens with one attached hydrogen (secondary N) is 1. The molecule has 2 rings (SSSR count). The Hall–Kier alpha value is -1.10. The van der Waals surface area contributed by atoms with Gasteiger partial charge in [0.1, 0.15) is 0 Å². The minimum atomic E-state index is -0.874. The van der Waals surface area contributed by atoms with E-state index in [1.165, 1.54) is 0 Å². The van der Waals surface area contributed by atoms with Crippen molar-refractivity contribution in [3.05, 3.63) is 0 Å². The molecule has 1 amide bonds. The van der Waals surface area contributed by atoms with Crippen LogP contribution in [-0.4, -0.2) is 35.7 Å². The summed E-state index contributed by atoms with van der Waals surface area (Å²) in [6.45, 7) is 6.32. The highest BCUT2D eigenvalue weighted by Gasteiger charge is 2.66. The molecule has 2 fully saturated rings. The molecule has 0 aromatic rings. The number of hydrogen-bond acceptors (Lipinski definition) is 3. The van der Waals surface area contributed by atoms with Crippen molar-refractivity contribution in [2.24, 2.45) is 17.3 Å². The maximum atomic E-state index is 12.0. The third-order valence-electron chi connectivity index (χ3n) is 4.22. The number of carboxylic acid groups (broad SMARTS) is 1. The van der Waals surface area contributed by atoms with E-state index in [-0.39, 0.29) is 24.0 Å². The third-order valence-corrected chi connectivity index (χ3v) is 4.22. The van der Waals surface area contributed by atoms with E-state index in [2.05, 4.69) is 5.32 Å². The summed E-state index contributed by atoms with van der Waals surface area (Å²) in [6, 6.07) is 0.153. The summed E-state index contributed by atoms with van der Waals surface area (Å²) < 4.78 is 5.42. The molecule has 2 saturated carbocycles. The molecule has 2 atom stereocenters. The van der Waals surface area contributed by atoms with Crippen molar-refractivity contribution in [2.45, 2.75) is 45.8 Å². The number of ether oxygens (including phenoxy) is 1. The van der Waals surface area contributed by atoms with Crippen molar-refractivity contribution < 1.29 is 19.4 Å². The van der Waals surface area contributed by atoms with Crippen molar-refractivity contribution in [2.75, 3.05) is 6.61 Å². The highest BCUT2D eigenvalue weighted by molar-refractivity contribution is 5.91. The second-order valence-electron chi connectivity index (χ2n) is 5.87. The van der Waals surface area contributed by atoms with E-state index < -0.39 is 17.3 Å². The van der Waals surface area contributed by atoms with Gasteiger partial charge in [-0.15, -0.1) is 0 Å². The predicted octanol–water partition coefficient (Wildman–Crippen LogP) is 1.03. The van der Waals surface area contributed by atoms with E-state index in [1.807, 2.05) is 20.8 Å². The van der Waals surface area contributed by atoms with Gasteiger partial charge in [0.2, 0.25) is 5.91 Å². The zero-order valence-electron chi connectivity index (χ0n) is 11.1. The zero-order valence-corrected chi connectivity index (χ0v) is 11.1. The highest BCUT2D eigenvalue weighted by atomic mass is 16.5. The summed E-state index contributed by atoms with van der Waals surface area (Å²) in [4.78, 5) is 23.0. The first kappa shape index (κ1) is 13.3. The molecule has 0 spiro atoms. The standard InChI is InChI=1S/C13H21NO4/c1-4-18-8-5-7(6-8)14-11(15)9-10(12(16)17)13(9,2)3/h7-10H,4-6H2,1-3H3,(H,14,15)(H,16,17)/t7?,8?,9-,10+/m1/s1. The van der Waals surface area contributed by atoms with E-state index in [0.717, 1.165) is 12.8 Å². The van der Waals surface area contributed by atoms with Gasteiger partial charge in [0, 0.05) is 12.6 Å². The number of carbonyl (C=O) groups is 2. The lowest BCUT2D eigenvalue weighted by atomic mass is 9.89. The van der Waals surface area contributed by atoms with E-state index in [1.54, 1.807) is 0 Å². The molecule has 0 radical (unpaired) electrons. The summed E-state index contributed by atoms with van der Waals surface area (Å²) >= 11 is 0. The molecule has 0 aliphatic heterocycles. The van der Waals surface area contributed by atoms with Crippen molar-refractivity contribution in [1.82, 2.24) is 5.32 Å². The summed E-state index contributed by atoms with van der Waals surface area (Å²) in [6.07, 6.45) is 1.93. The fourth-order valence-electron chi connectivity index (χ4n) is 2.93. The van der Waals surface area contributed by atoms with Gasteiger partial charge in [-0.1, -0.05) is 13.8 Å². The minimum Gasteiger partial charge on any atom is -0.481 e. The van der Waals surface area contributed by atoms with Gasteiger partial charge in [-0.2, -0.15) is 0 Å². The molecule has 0 saturated heterocycles. The maximum Gasteiger partial charge on any atom is 0.307 e. The Morgan fingerprint density at radius 2 is 1.94 bits per heavy atom. The summed E-state index contributed by atoms with van der Waals surface area (Å²) in [5.41, 5.74) is -0.418. The summed E-state index contributed by atoms with van der Waals surface area (Å²) in [5, 5.41) is 12.0. The van der Waals surface area contributed by atoms with Crippen LogP contribution in [0.2, 0.25) is 0 Å². The largest absolute Gasteiger partial charge is 0.481 e. The molecule has 0 unspecified atom stereocenters. The van der Waals surface area contributed by atoms with Crippen LogP contribution in [-0.2, 0) is 14.3 Å². The Balaban J connectivity index is 1.79. The third kappa shape index (κ3) is 2.23. The molecule has 0 aromatic carbocycles. The van der Waals surface area contributed by atoms with Gasteiger partial charge in [-0.05, 0) is 25.2 Å².